The Morgan fingerprint density at radius 2 is 1.73 bits per heavy atom. The fraction of sp³-hybridized carbons (Fsp3) is 0.222. The largest absolute Gasteiger partial charge is 0.493 e. The molecule has 3 rings (SSSR count). The third-order valence-corrected chi connectivity index (χ3v) is 5.97. The highest BCUT2D eigenvalue weighted by Crippen LogP contribution is 2.35. The van der Waals surface area contributed by atoms with Crippen LogP contribution in [0.1, 0.15) is 30.9 Å². The number of rotatable bonds is 10. The van der Waals surface area contributed by atoms with Crippen LogP contribution in [0.15, 0.2) is 48.7 Å². The molecule has 0 fully saturated rings. The predicted molar refractivity (Wildman–Crippen MR) is 149 cm³/mol. The van der Waals surface area contributed by atoms with Gasteiger partial charge in [0.25, 0.3) is 0 Å². The van der Waals surface area contributed by atoms with Gasteiger partial charge < -0.3 is 25.4 Å². The molecule has 194 valence electrons. The van der Waals surface area contributed by atoms with Gasteiger partial charge >= 0.3 is 0 Å². The summed E-state index contributed by atoms with van der Waals surface area (Å²) in [4.78, 5) is 29.3. The lowest BCUT2D eigenvalue weighted by atomic mass is 10.1. The Labute approximate surface area is 226 Å². The first-order valence-corrected chi connectivity index (χ1v) is 12.2. The summed E-state index contributed by atoms with van der Waals surface area (Å²) in [7, 11) is 3.16. The number of methoxy groups -OCH3 is 2. The number of aromatic nitrogens is 1. The normalized spacial score (nSPS) is 10.8. The number of nitrogens with one attached hydrogen (secondary N) is 3. The van der Waals surface area contributed by atoms with Gasteiger partial charge in [-0.1, -0.05) is 30.1 Å². The zero-order chi connectivity index (χ0) is 26.9. The molecule has 8 nitrogen and oxygen atoms in total. The van der Waals surface area contributed by atoms with Crippen molar-refractivity contribution in [2.75, 3.05) is 30.2 Å². The van der Waals surface area contributed by atoms with Crippen molar-refractivity contribution in [2.45, 2.75) is 26.7 Å². The molecule has 0 saturated heterocycles. The van der Waals surface area contributed by atoms with E-state index in [1.165, 1.54) is 18.2 Å². The van der Waals surface area contributed by atoms with Crippen molar-refractivity contribution in [3.8, 4) is 11.5 Å². The molecule has 0 radical (unpaired) electrons. The minimum Gasteiger partial charge on any atom is -0.493 e. The SMILES string of the molecule is CCCC(=O)Nc1cc(Cl)c(Cl)cc1NC(=O)/C=C/c1cccnc1Nc1cc(C)c(OC)c(OC)c1. The fourth-order valence-electron chi connectivity index (χ4n) is 3.55. The summed E-state index contributed by atoms with van der Waals surface area (Å²) in [6.07, 6.45) is 5.66. The second-order valence-electron chi connectivity index (χ2n) is 8.03. The van der Waals surface area contributed by atoms with Crippen LogP contribution in [0.25, 0.3) is 6.08 Å². The Hall–Kier alpha value is -3.75. The van der Waals surface area contributed by atoms with Crippen molar-refractivity contribution in [3.63, 3.8) is 0 Å². The number of carbonyl (C=O) groups excluding carboxylic acids is 2. The molecule has 37 heavy (non-hydrogen) atoms. The van der Waals surface area contributed by atoms with Gasteiger partial charge in [0.1, 0.15) is 5.82 Å². The highest BCUT2D eigenvalue weighted by Gasteiger charge is 2.13. The zero-order valence-electron chi connectivity index (χ0n) is 20.9. The zero-order valence-corrected chi connectivity index (χ0v) is 22.5. The molecule has 0 saturated carbocycles. The molecular formula is C27H28Cl2N4O4. The van der Waals surface area contributed by atoms with E-state index in [0.29, 0.717) is 47.1 Å². The second kappa shape index (κ2) is 13.0. The summed E-state index contributed by atoms with van der Waals surface area (Å²) in [5, 5.41) is 9.27. The number of nitrogens with zero attached hydrogens (tertiary/aromatic N) is 1. The average molecular weight is 543 g/mol. The lowest BCUT2D eigenvalue weighted by Crippen LogP contribution is -2.15. The van der Waals surface area contributed by atoms with E-state index < -0.39 is 5.91 Å². The maximum absolute atomic E-state index is 12.8. The first-order chi connectivity index (χ1) is 17.7. The number of hydrogen-bond donors (Lipinski definition) is 3. The van der Waals surface area contributed by atoms with Gasteiger partial charge in [0.05, 0.1) is 35.6 Å². The monoisotopic (exact) mass is 542 g/mol. The van der Waals surface area contributed by atoms with Crippen molar-refractivity contribution in [1.29, 1.82) is 0 Å². The van der Waals surface area contributed by atoms with E-state index in [-0.39, 0.29) is 16.0 Å². The van der Waals surface area contributed by atoms with Crippen molar-refractivity contribution in [2.24, 2.45) is 0 Å². The summed E-state index contributed by atoms with van der Waals surface area (Å²) < 4.78 is 10.8. The summed E-state index contributed by atoms with van der Waals surface area (Å²) in [6.45, 7) is 3.81. The van der Waals surface area contributed by atoms with Crippen LogP contribution in [0.5, 0.6) is 11.5 Å². The van der Waals surface area contributed by atoms with Gasteiger partial charge in [-0.3, -0.25) is 9.59 Å². The van der Waals surface area contributed by atoms with Crippen molar-refractivity contribution in [1.82, 2.24) is 4.98 Å². The molecular weight excluding hydrogens is 515 g/mol. The number of anilines is 4. The number of halogens is 2. The van der Waals surface area contributed by atoms with Crippen LogP contribution >= 0.6 is 23.2 Å². The van der Waals surface area contributed by atoms with Gasteiger partial charge in [-0.25, -0.2) is 4.98 Å². The van der Waals surface area contributed by atoms with Crippen molar-refractivity contribution in [3.05, 3.63) is 69.8 Å². The quantitative estimate of drug-likeness (QED) is 0.242. The Balaban J connectivity index is 1.81. The molecule has 0 aliphatic rings. The third kappa shape index (κ3) is 7.38. The molecule has 0 bridgehead atoms. The number of pyridine rings is 1. The van der Waals surface area contributed by atoms with Crippen molar-refractivity contribution >= 4 is 64.0 Å². The number of hydrogen-bond acceptors (Lipinski definition) is 6. The van der Waals surface area contributed by atoms with Crippen LogP contribution < -0.4 is 25.4 Å². The van der Waals surface area contributed by atoms with Crippen LogP contribution in [0.4, 0.5) is 22.9 Å². The molecule has 2 amide bonds. The highest BCUT2D eigenvalue weighted by molar-refractivity contribution is 6.42. The average Bonchev–Trinajstić information content (AvgIpc) is 2.86. The smallest absolute Gasteiger partial charge is 0.248 e. The Morgan fingerprint density at radius 1 is 1.03 bits per heavy atom. The van der Waals surface area contributed by atoms with Gasteiger partial charge in [0.15, 0.2) is 11.5 Å². The van der Waals surface area contributed by atoms with Gasteiger partial charge in [0.2, 0.25) is 11.8 Å². The standard InChI is InChI=1S/C27H28Cl2N4O4/c1-5-7-24(34)32-21-14-19(28)20(29)15-22(21)33-25(35)10-9-17-8-6-11-30-27(17)31-18-12-16(2)26(37-4)23(13-18)36-3/h6,8-15H,5,7H2,1-4H3,(H,30,31)(H,32,34)(H,33,35)/b10-9+. The molecule has 3 aromatic rings. The highest BCUT2D eigenvalue weighted by atomic mass is 35.5. The first kappa shape index (κ1) is 27.8. The van der Waals surface area contributed by atoms with E-state index in [0.717, 1.165) is 11.3 Å². The van der Waals surface area contributed by atoms with E-state index >= 15 is 0 Å². The topological polar surface area (TPSA) is 102 Å². The fourth-order valence-corrected chi connectivity index (χ4v) is 3.88. The molecule has 1 aromatic heterocycles. The second-order valence-corrected chi connectivity index (χ2v) is 8.84. The third-order valence-electron chi connectivity index (χ3n) is 5.25. The molecule has 0 unspecified atom stereocenters. The Bertz CT molecular complexity index is 1330. The Kier molecular flexibility index (Phi) is 9.77. The molecule has 3 N–H and O–H groups in total. The summed E-state index contributed by atoms with van der Waals surface area (Å²) in [5.74, 6) is 1.16. The Morgan fingerprint density at radius 3 is 2.38 bits per heavy atom. The molecule has 0 aliphatic carbocycles. The molecule has 0 atom stereocenters. The molecule has 1 heterocycles. The van der Waals surface area contributed by atoms with Gasteiger partial charge in [-0.15, -0.1) is 0 Å². The van der Waals surface area contributed by atoms with Crippen LogP contribution in [-0.4, -0.2) is 31.0 Å². The first-order valence-electron chi connectivity index (χ1n) is 11.5. The van der Waals surface area contributed by atoms with E-state index in [1.54, 1.807) is 38.6 Å². The number of carbonyl (C=O) groups is 2. The van der Waals surface area contributed by atoms with Gasteiger partial charge in [-0.2, -0.15) is 0 Å². The summed E-state index contributed by atoms with van der Waals surface area (Å²) >= 11 is 12.3. The summed E-state index contributed by atoms with van der Waals surface area (Å²) in [6, 6.07) is 10.3. The number of amides is 2. The lowest BCUT2D eigenvalue weighted by molar-refractivity contribution is -0.116. The van der Waals surface area contributed by atoms with Crippen LogP contribution in [0.3, 0.4) is 0 Å². The van der Waals surface area contributed by atoms with Crippen LogP contribution in [-0.2, 0) is 9.59 Å². The maximum atomic E-state index is 12.8. The molecule has 2 aromatic carbocycles. The minimum atomic E-state index is -0.429. The predicted octanol–water partition coefficient (Wildman–Crippen LogP) is 6.85. The molecule has 10 heteroatoms. The van der Waals surface area contributed by atoms with E-state index in [1.807, 2.05) is 26.0 Å². The summed E-state index contributed by atoms with van der Waals surface area (Å²) in [5.41, 5.74) is 3.01. The number of benzene rings is 2. The van der Waals surface area contributed by atoms with Gasteiger partial charge in [0, 0.05) is 36.0 Å². The maximum Gasteiger partial charge on any atom is 0.248 e. The van der Waals surface area contributed by atoms with E-state index in [4.69, 9.17) is 32.7 Å². The minimum absolute atomic E-state index is 0.191. The molecule has 0 aliphatic heterocycles. The van der Waals surface area contributed by atoms with E-state index in [9.17, 15) is 9.59 Å². The lowest BCUT2D eigenvalue weighted by Gasteiger charge is -2.15. The van der Waals surface area contributed by atoms with Crippen LogP contribution in [0, 0.1) is 6.92 Å². The number of ether oxygens (including phenoxy) is 2. The number of aryl methyl sites for hydroxylation is 1. The molecule has 0 spiro atoms. The van der Waals surface area contributed by atoms with Gasteiger partial charge in [-0.05, 0) is 55.3 Å². The van der Waals surface area contributed by atoms with Crippen LogP contribution in [0.2, 0.25) is 10.0 Å². The van der Waals surface area contributed by atoms with Crippen molar-refractivity contribution < 1.29 is 19.1 Å². The van der Waals surface area contributed by atoms with E-state index in [2.05, 4.69) is 20.9 Å².